The molecule has 2 unspecified atom stereocenters. The molecule has 3 aromatic rings. The van der Waals surface area contributed by atoms with Crippen LogP contribution in [0.4, 0.5) is 21.9 Å². The lowest BCUT2D eigenvalue weighted by Crippen LogP contribution is -2.18. The van der Waals surface area contributed by atoms with E-state index in [0.29, 0.717) is 28.2 Å². The molecule has 3 aromatic carbocycles. The number of benzene rings is 3. The molecule has 3 amide bonds. The van der Waals surface area contributed by atoms with Crippen LogP contribution < -0.4 is 16.0 Å². The third kappa shape index (κ3) is 5.92. The van der Waals surface area contributed by atoms with Gasteiger partial charge in [-0.1, -0.05) is 40.9 Å². The van der Waals surface area contributed by atoms with Crippen LogP contribution in [0.25, 0.3) is 0 Å². The minimum absolute atomic E-state index is 0.196. The summed E-state index contributed by atoms with van der Waals surface area (Å²) in [6.07, 6.45) is -1.19. The van der Waals surface area contributed by atoms with E-state index in [-0.39, 0.29) is 20.6 Å². The quantitative estimate of drug-likeness (QED) is 0.171. The Morgan fingerprint density at radius 3 is 2.14 bits per heavy atom. The van der Waals surface area contributed by atoms with Crippen LogP contribution in [0, 0.1) is 12.8 Å². The largest absolute Gasteiger partial charge is 0.465 e. The van der Waals surface area contributed by atoms with Gasteiger partial charge < -0.3 is 15.7 Å². The number of amides is 3. The van der Waals surface area contributed by atoms with Gasteiger partial charge in [-0.3, -0.25) is 14.9 Å². The van der Waals surface area contributed by atoms with Gasteiger partial charge in [-0.05, 0) is 66.6 Å². The Bertz CT molecular complexity index is 1410. The van der Waals surface area contributed by atoms with Crippen molar-refractivity contribution in [2.45, 2.75) is 17.2 Å². The summed E-state index contributed by atoms with van der Waals surface area (Å²) in [6.45, 7) is 1.73. The average molecular weight is 602 g/mol. The molecule has 192 valence electrons. The Morgan fingerprint density at radius 1 is 0.865 bits per heavy atom. The van der Waals surface area contributed by atoms with Gasteiger partial charge in [0.05, 0.1) is 21.0 Å². The van der Waals surface area contributed by atoms with Gasteiger partial charge in [0.2, 0.25) is 5.91 Å². The lowest BCUT2D eigenvalue weighted by atomic mass is 10.1. The highest BCUT2D eigenvalue weighted by Gasteiger charge is 2.67. The van der Waals surface area contributed by atoms with Crippen molar-refractivity contribution < 1.29 is 19.5 Å². The summed E-state index contributed by atoms with van der Waals surface area (Å²) >= 11 is 31.1. The zero-order chi connectivity index (χ0) is 27.1. The lowest BCUT2D eigenvalue weighted by molar-refractivity contribution is -0.117. The van der Waals surface area contributed by atoms with Crippen molar-refractivity contribution in [1.82, 2.24) is 0 Å². The third-order valence-electron chi connectivity index (χ3n) is 5.82. The maximum absolute atomic E-state index is 13.0. The number of halogens is 5. The molecule has 1 saturated carbocycles. The van der Waals surface area contributed by atoms with Crippen LogP contribution in [0.1, 0.15) is 27.4 Å². The van der Waals surface area contributed by atoms with E-state index >= 15 is 0 Å². The van der Waals surface area contributed by atoms with E-state index in [4.69, 9.17) is 63.1 Å². The number of carbonyl (C=O) groups excluding carboxylic acids is 2. The van der Waals surface area contributed by atoms with Gasteiger partial charge in [-0.25, -0.2) is 4.79 Å². The summed E-state index contributed by atoms with van der Waals surface area (Å²) in [5, 5.41) is 17.3. The van der Waals surface area contributed by atoms with Crippen LogP contribution in [0.5, 0.6) is 0 Å². The van der Waals surface area contributed by atoms with E-state index in [2.05, 4.69) is 16.0 Å². The predicted molar refractivity (Wildman–Crippen MR) is 148 cm³/mol. The second-order valence-electron chi connectivity index (χ2n) is 8.41. The number of alkyl halides is 2. The minimum atomic E-state index is -1.38. The first-order chi connectivity index (χ1) is 17.4. The molecular weight excluding hydrogens is 584 g/mol. The number of carboxylic acid groups (broad SMARTS) is 1. The minimum Gasteiger partial charge on any atom is -0.465 e. The highest BCUT2D eigenvalue weighted by molar-refractivity contribution is 6.54. The fourth-order valence-corrected chi connectivity index (χ4v) is 5.42. The topological polar surface area (TPSA) is 108 Å². The molecule has 4 rings (SSSR count). The van der Waals surface area contributed by atoms with E-state index in [9.17, 15) is 14.4 Å². The molecule has 1 aliphatic carbocycles. The van der Waals surface area contributed by atoms with E-state index in [0.717, 1.165) is 0 Å². The smallest absolute Gasteiger partial charge is 0.409 e. The monoisotopic (exact) mass is 599 g/mol. The highest BCUT2D eigenvalue weighted by atomic mass is 35.5. The van der Waals surface area contributed by atoms with Crippen LogP contribution >= 0.6 is 58.0 Å². The van der Waals surface area contributed by atoms with Gasteiger partial charge in [0, 0.05) is 28.5 Å². The van der Waals surface area contributed by atoms with E-state index < -0.39 is 34.1 Å². The summed E-state index contributed by atoms with van der Waals surface area (Å²) < 4.78 is -1.38. The van der Waals surface area contributed by atoms with Gasteiger partial charge in [0.25, 0.3) is 5.91 Å². The highest BCUT2D eigenvalue weighted by Crippen LogP contribution is 2.65. The Labute approximate surface area is 237 Å². The molecule has 0 saturated heterocycles. The average Bonchev–Trinajstić information content (AvgIpc) is 3.40. The van der Waals surface area contributed by atoms with Crippen LogP contribution in [-0.4, -0.2) is 27.3 Å². The first kappa shape index (κ1) is 27.4. The fourth-order valence-electron chi connectivity index (χ4n) is 3.98. The lowest BCUT2D eigenvalue weighted by Gasteiger charge is -2.11. The normalized spacial score (nSPS) is 17.6. The summed E-state index contributed by atoms with van der Waals surface area (Å²) in [4.78, 5) is 36.7. The number of anilines is 3. The van der Waals surface area contributed by atoms with Crippen molar-refractivity contribution in [3.63, 3.8) is 0 Å². The SMILES string of the molecule is Cc1cc(NC(=O)O)ccc1NC(=O)c1cccc(NC(=O)C2C(c3cc(Cl)c(Cl)c(Cl)c3)C2(Cl)Cl)c1. The molecule has 0 bridgehead atoms. The second kappa shape index (κ2) is 10.6. The van der Waals surface area contributed by atoms with Crippen LogP contribution in [0.2, 0.25) is 15.1 Å². The fraction of sp³-hybridized carbons (Fsp3) is 0.160. The molecule has 0 aromatic heterocycles. The first-order valence-electron chi connectivity index (χ1n) is 10.7. The van der Waals surface area contributed by atoms with Crippen molar-refractivity contribution in [1.29, 1.82) is 0 Å². The Kier molecular flexibility index (Phi) is 7.83. The Hall–Kier alpha value is -2.68. The molecule has 1 aliphatic rings. The zero-order valence-electron chi connectivity index (χ0n) is 18.9. The number of carbonyl (C=O) groups is 3. The summed E-state index contributed by atoms with van der Waals surface area (Å²) in [5.74, 6) is -2.21. The van der Waals surface area contributed by atoms with Crippen LogP contribution in [0.15, 0.2) is 54.6 Å². The molecule has 4 N–H and O–H groups in total. The van der Waals surface area contributed by atoms with E-state index in [1.165, 1.54) is 12.1 Å². The number of hydrogen-bond donors (Lipinski definition) is 4. The maximum Gasteiger partial charge on any atom is 0.409 e. The first-order valence-corrected chi connectivity index (χ1v) is 12.6. The van der Waals surface area contributed by atoms with Crippen molar-refractivity contribution in [3.8, 4) is 0 Å². The van der Waals surface area contributed by atoms with Gasteiger partial charge in [0.1, 0.15) is 4.33 Å². The standard InChI is InChI=1S/C25H18Cl5N3O4/c1-11-7-15(32-24(36)37)5-6-18(11)33-22(34)12-3-2-4-14(8-12)31-23(35)20-19(25(20,29)30)13-9-16(26)21(28)17(27)10-13/h2-10,19-20,32H,1H3,(H,31,35)(H,33,34)(H,36,37). The van der Waals surface area contributed by atoms with Crippen LogP contribution in [0.3, 0.4) is 0 Å². The molecule has 0 spiro atoms. The number of nitrogens with one attached hydrogen (secondary N) is 3. The molecule has 7 nitrogen and oxygen atoms in total. The number of rotatable bonds is 6. The van der Waals surface area contributed by atoms with Gasteiger partial charge >= 0.3 is 6.09 Å². The molecule has 37 heavy (non-hydrogen) atoms. The predicted octanol–water partition coefficient (Wildman–Crippen LogP) is 7.82. The van der Waals surface area contributed by atoms with Crippen molar-refractivity contribution >= 4 is 93.0 Å². The van der Waals surface area contributed by atoms with Gasteiger partial charge in [-0.15, -0.1) is 23.2 Å². The van der Waals surface area contributed by atoms with Crippen LogP contribution in [-0.2, 0) is 4.79 Å². The molecule has 0 radical (unpaired) electrons. The molecule has 12 heteroatoms. The van der Waals surface area contributed by atoms with Crippen molar-refractivity contribution in [2.75, 3.05) is 16.0 Å². The molecular formula is C25H18Cl5N3O4. The van der Waals surface area contributed by atoms with Crippen molar-refractivity contribution in [2.24, 2.45) is 5.92 Å². The van der Waals surface area contributed by atoms with Gasteiger partial charge in [0.15, 0.2) is 0 Å². The van der Waals surface area contributed by atoms with Crippen molar-refractivity contribution in [3.05, 3.63) is 86.4 Å². The van der Waals surface area contributed by atoms with E-state index in [1.54, 1.807) is 49.4 Å². The molecule has 1 fully saturated rings. The van der Waals surface area contributed by atoms with E-state index in [1.807, 2.05) is 0 Å². The summed E-state index contributed by atoms with van der Waals surface area (Å²) in [7, 11) is 0. The number of aryl methyl sites for hydroxylation is 1. The second-order valence-corrected chi connectivity index (χ2v) is 11.0. The molecule has 2 atom stereocenters. The van der Waals surface area contributed by atoms with Gasteiger partial charge in [-0.2, -0.15) is 0 Å². The Balaban J connectivity index is 1.46. The summed E-state index contributed by atoms with van der Waals surface area (Å²) in [5.41, 5.74) is 2.78. The third-order valence-corrected chi connectivity index (χ3v) is 7.96. The maximum atomic E-state index is 13.0. The molecule has 0 heterocycles. The molecule has 0 aliphatic heterocycles. The summed E-state index contributed by atoms with van der Waals surface area (Å²) in [6, 6.07) is 14.2. The zero-order valence-corrected chi connectivity index (χ0v) is 22.7. The number of hydrogen-bond acceptors (Lipinski definition) is 3. The Morgan fingerprint density at radius 2 is 1.51 bits per heavy atom.